The van der Waals surface area contributed by atoms with Gasteiger partial charge in [0.15, 0.2) is 0 Å². The zero-order valence-corrected chi connectivity index (χ0v) is 16.1. The number of fused-ring (bicyclic) bond motifs is 2. The fourth-order valence-corrected chi connectivity index (χ4v) is 4.58. The van der Waals surface area contributed by atoms with Crippen molar-refractivity contribution in [3.63, 3.8) is 0 Å². The van der Waals surface area contributed by atoms with Crippen molar-refractivity contribution in [2.45, 2.75) is 38.0 Å². The predicted molar refractivity (Wildman–Crippen MR) is 109 cm³/mol. The highest BCUT2D eigenvalue weighted by Gasteiger charge is 2.23. The Morgan fingerprint density at radius 3 is 3.00 bits per heavy atom. The molecule has 2 aliphatic rings. The fraction of sp³-hybridized carbons (Fsp3) is 0.478. The molecule has 26 heavy (non-hydrogen) atoms. The Morgan fingerprint density at radius 2 is 2.12 bits per heavy atom. The van der Waals surface area contributed by atoms with Crippen LogP contribution in [0, 0.1) is 0 Å². The lowest BCUT2D eigenvalue weighted by Gasteiger charge is -2.30. The number of hydrogen-bond donors (Lipinski definition) is 1. The highest BCUT2D eigenvalue weighted by molar-refractivity contribution is 5.57. The Hall–Kier alpha value is -2.00. The summed E-state index contributed by atoms with van der Waals surface area (Å²) in [5, 5.41) is 3.49. The molecule has 2 aromatic rings. The van der Waals surface area contributed by atoms with Crippen LogP contribution in [0.15, 0.2) is 36.4 Å². The molecule has 0 saturated carbocycles. The molecule has 0 fully saturated rings. The van der Waals surface area contributed by atoms with Gasteiger partial charge in [0, 0.05) is 25.3 Å². The van der Waals surface area contributed by atoms with E-state index in [0.29, 0.717) is 5.92 Å². The number of anilines is 1. The zero-order chi connectivity index (χ0) is 17.9. The number of benzene rings is 2. The van der Waals surface area contributed by atoms with Crippen LogP contribution in [0.25, 0.3) is 0 Å². The van der Waals surface area contributed by atoms with E-state index in [9.17, 15) is 0 Å². The largest absolute Gasteiger partial charge is 0.496 e. The van der Waals surface area contributed by atoms with Gasteiger partial charge >= 0.3 is 0 Å². The molecule has 0 radical (unpaired) electrons. The van der Waals surface area contributed by atoms with Crippen LogP contribution in [-0.4, -0.2) is 38.7 Å². The summed E-state index contributed by atoms with van der Waals surface area (Å²) in [5.41, 5.74) is 7.19. The molecule has 3 heteroatoms. The maximum absolute atomic E-state index is 5.59. The first-order valence-corrected chi connectivity index (χ1v) is 9.94. The van der Waals surface area contributed by atoms with Crippen molar-refractivity contribution in [2.75, 3.05) is 39.1 Å². The molecule has 138 valence electrons. The molecular weight excluding hydrogens is 320 g/mol. The molecule has 1 atom stereocenters. The number of hydrogen-bond acceptors (Lipinski definition) is 3. The third kappa shape index (κ3) is 3.59. The van der Waals surface area contributed by atoms with Crippen molar-refractivity contribution in [3.05, 3.63) is 58.7 Å². The van der Waals surface area contributed by atoms with E-state index in [-0.39, 0.29) is 0 Å². The van der Waals surface area contributed by atoms with Crippen LogP contribution in [-0.2, 0) is 19.3 Å². The van der Waals surface area contributed by atoms with Crippen LogP contribution < -0.4 is 10.1 Å². The number of ether oxygens (including phenoxy) is 1. The average molecular weight is 351 g/mol. The Kier molecular flexibility index (Phi) is 5.16. The van der Waals surface area contributed by atoms with Gasteiger partial charge in [0.1, 0.15) is 5.75 Å². The minimum absolute atomic E-state index is 0.625. The van der Waals surface area contributed by atoms with E-state index in [0.717, 1.165) is 38.2 Å². The predicted octanol–water partition coefficient (Wildman–Crippen LogP) is 4.26. The zero-order valence-electron chi connectivity index (χ0n) is 16.1. The lowest BCUT2D eigenvalue weighted by molar-refractivity contribution is 0.299. The number of nitrogens with one attached hydrogen (secondary N) is 1. The van der Waals surface area contributed by atoms with Crippen LogP contribution in [0.1, 0.15) is 41.0 Å². The first-order valence-electron chi connectivity index (χ1n) is 9.94. The molecule has 1 aliphatic heterocycles. The molecule has 1 heterocycles. The Bertz CT molecular complexity index is 771. The maximum atomic E-state index is 5.59. The summed E-state index contributed by atoms with van der Waals surface area (Å²) in [6, 6.07) is 13.5. The molecule has 3 nitrogen and oxygen atoms in total. The van der Waals surface area contributed by atoms with Gasteiger partial charge in [-0.25, -0.2) is 0 Å². The third-order valence-corrected chi connectivity index (χ3v) is 6.01. The van der Waals surface area contributed by atoms with Gasteiger partial charge in [-0.15, -0.1) is 0 Å². The second-order valence-corrected chi connectivity index (χ2v) is 7.80. The van der Waals surface area contributed by atoms with Gasteiger partial charge < -0.3 is 15.0 Å². The van der Waals surface area contributed by atoms with Crippen molar-refractivity contribution >= 4 is 5.69 Å². The normalized spacial score (nSPS) is 18.3. The maximum Gasteiger partial charge on any atom is 0.122 e. The van der Waals surface area contributed by atoms with Gasteiger partial charge in [-0.1, -0.05) is 24.3 Å². The number of methoxy groups -OCH3 is 1. The summed E-state index contributed by atoms with van der Waals surface area (Å²) in [5.74, 6) is 1.70. The topological polar surface area (TPSA) is 24.5 Å². The van der Waals surface area contributed by atoms with Crippen LogP contribution in [0.4, 0.5) is 5.69 Å². The second kappa shape index (κ2) is 7.71. The SMILES string of the molecule is COc1cccc2c1CCC[C@H]2CN(C)CCc1ccc2c(c1)NCC2. The first kappa shape index (κ1) is 17.4. The quantitative estimate of drug-likeness (QED) is 0.842. The summed E-state index contributed by atoms with van der Waals surface area (Å²) in [4.78, 5) is 2.50. The summed E-state index contributed by atoms with van der Waals surface area (Å²) in [6.45, 7) is 3.32. The van der Waals surface area contributed by atoms with E-state index in [2.05, 4.69) is 53.7 Å². The Labute approximate surface area is 157 Å². The Balaban J connectivity index is 1.38. The first-order chi connectivity index (χ1) is 12.7. The minimum atomic E-state index is 0.625. The van der Waals surface area contributed by atoms with Gasteiger partial charge in [0.2, 0.25) is 0 Å². The highest BCUT2D eigenvalue weighted by Crippen LogP contribution is 2.36. The number of nitrogens with zero attached hydrogens (tertiary/aromatic N) is 1. The van der Waals surface area contributed by atoms with E-state index in [1.54, 1.807) is 7.11 Å². The van der Waals surface area contributed by atoms with E-state index in [1.165, 1.54) is 47.2 Å². The molecule has 1 N–H and O–H groups in total. The second-order valence-electron chi connectivity index (χ2n) is 7.80. The molecule has 1 aliphatic carbocycles. The number of rotatable bonds is 6. The summed E-state index contributed by atoms with van der Waals surface area (Å²) in [6.07, 6.45) is 5.99. The van der Waals surface area contributed by atoms with Crippen LogP contribution in [0.5, 0.6) is 5.75 Å². The molecule has 2 aromatic carbocycles. The smallest absolute Gasteiger partial charge is 0.122 e. The average Bonchev–Trinajstić information content (AvgIpc) is 3.14. The molecule has 0 amide bonds. The van der Waals surface area contributed by atoms with Gasteiger partial charge in [-0.05, 0) is 79.5 Å². The van der Waals surface area contributed by atoms with Crippen molar-refractivity contribution in [3.8, 4) is 5.75 Å². The summed E-state index contributed by atoms with van der Waals surface area (Å²) >= 11 is 0. The van der Waals surface area contributed by atoms with Crippen LogP contribution in [0.2, 0.25) is 0 Å². The molecule has 0 spiro atoms. The van der Waals surface area contributed by atoms with Crippen molar-refractivity contribution in [1.29, 1.82) is 0 Å². The van der Waals surface area contributed by atoms with Gasteiger partial charge in [0.05, 0.1) is 7.11 Å². The Morgan fingerprint density at radius 1 is 1.19 bits per heavy atom. The van der Waals surface area contributed by atoms with Crippen molar-refractivity contribution in [2.24, 2.45) is 0 Å². The minimum Gasteiger partial charge on any atom is -0.496 e. The summed E-state index contributed by atoms with van der Waals surface area (Å²) in [7, 11) is 4.05. The molecular formula is C23H30N2O. The van der Waals surface area contributed by atoms with Gasteiger partial charge in [-0.2, -0.15) is 0 Å². The van der Waals surface area contributed by atoms with E-state index < -0.39 is 0 Å². The van der Waals surface area contributed by atoms with Crippen molar-refractivity contribution in [1.82, 2.24) is 4.90 Å². The fourth-order valence-electron chi connectivity index (χ4n) is 4.58. The van der Waals surface area contributed by atoms with E-state index in [4.69, 9.17) is 4.74 Å². The molecule has 0 saturated heterocycles. The lowest BCUT2D eigenvalue weighted by Crippen LogP contribution is -2.28. The summed E-state index contributed by atoms with van der Waals surface area (Å²) < 4.78 is 5.59. The monoisotopic (exact) mass is 350 g/mol. The highest BCUT2D eigenvalue weighted by atomic mass is 16.5. The number of likely N-dealkylation sites (N-methyl/N-ethyl adjacent to an activating group) is 1. The molecule has 0 bridgehead atoms. The van der Waals surface area contributed by atoms with E-state index >= 15 is 0 Å². The standard InChI is InChI=1S/C23H30N2O/c1-25(14-12-17-9-10-18-11-13-24-22(18)15-17)16-19-5-3-7-21-20(19)6-4-8-23(21)26-2/h4,6,8-10,15,19,24H,3,5,7,11-14,16H2,1-2H3/t19-/m0/s1. The third-order valence-electron chi connectivity index (χ3n) is 6.01. The van der Waals surface area contributed by atoms with Gasteiger partial charge in [0.25, 0.3) is 0 Å². The molecule has 4 rings (SSSR count). The van der Waals surface area contributed by atoms with Crippen molar-refractivity contribution < 1.29 is 4.74 Å². The van der Waals surface area contributed by atoms with Gasteiger partial charge in [-0.3, -0.25) is 0 Å². The molecule has 0 aromatic heterocycles. The molecule has 0 unspecified atom stereocenters. The van der Waals surface area contributed by atoms with Crippen LogP contribution in [0.3, 0.4) is 0 Å². The lowest BCUT2D eigenvalue weighted by atomic mass is 9.82. The van der Waals surface area contributed by atoms with E-state index in [1.807, 2.05) is 0 Å². The van der Waals surface area contributed by atoms with Crippen LogP contribution >= 0.6 is 0 Å².